The molecule has 0 saturated carbocycles. The van der Waals surface area contributed by atoms with E-state index in [1.54, 1.807) is 11.8 Å². The lowest BCUT2D eigenvalue weighted by Gasteiger charge is -2.40. The van der Waals surface area contributed by atoms with Crippen LogP contribution in [0.1, 0.15) is 31.9 Å². The van der Waals surface area contributed by atoms with Crippen LogP contribution < -0.4 is 5.32 Å². The molecule has 1 aliphatic heterocycles. The SMILES string of the molecule is CCN1C(=O)CO[C@H](C(=O)NCC[C@H](C)O)[C@H]1c1ccccc1. The molecule has 0 unspecified atom stereocenters. The summed E-state index contributed by atoms with van der Waals surface area (Å²) >= 11 is 0. The fraction of sp³-hybridized carbons (Fsp3) is 0.529. The molecule has 126 valence electrons. The molecule has 1 aromatic rings. The lowest BCUT2D eigenvalue weighted by Crippen LogP contribution is -2.54. The van der Waals surface area contributed by atoms with Gasteiger partial charge in [-0.1, -0.05) is 30.3 Å². The van der Waals surface area contributed by atoms with E-state index in [1.165, 1.54) is 0 Å². The van der Waals surface area contributed by atoms with Crippen LogP contribution in [0.2, 0.25) is 0 Å². The van der Waals surface area contributed by atoms with E-state index < -0.39 is 18.2 Å². The highest BCUT2D eigenvalue weighted by atomic mass is 16.5. The number of ether oxygens (including phenoxy) is 1. The van der Waals surface area contributed by atoms with Crippen molar-refractivity contribution >= 4 is 11.8 Å². The number of aliphatic hydroxyl groups excluding tert-OH is 1. The van der Waals surface area contributed by atoms with Crippen molar-refractivity contribution in [2.24, 2.45) is 0 Å². The number of carbonyl (C=O) groups excluding carboxylic acids is 2. The average molecular weight is 320 g/mol. The summed E-state index contributed by atoms with van der Waals surface area (Å²) in [4.78, 5) is 26.3. The van der Waals surface area contributed by atoms with E-state index in [0.717, 1.165) is 5.56 Å². The van der Waals surface area contributed by atoms with Crippen LogP contribution in [0.3, 0.4) is 0 Å². The zero-order valence-electron chi connectivity index (χ0n) is 13.6. The molecule has 1 aliphatic rings. The van der Waals surface area contributed by atoms with Gasteiger partial charge in [-0.3, -0.25) is 9.59 Å². The molecule has 0 bridgehead atoms. The van der Waals surface area contributed by atoms with Crippen LogP contribution in [0, 0.1) is 0 Å². The van der Waals surface area contributed by atoms with Crippen LogP contribution >= 0.6 is 0 Å². The third-order valence-corrected chi connectivity index (χ3v) is 3.93. The molecule has 2 rings (SSSR count). The fourth-order valence-electron chi connectivity index (χ4n) is 2.76. The predicted octanol–water partition coefficient (Wildman–Crippen LogP) is 0.862. The van der Waals surface area contributed by atoms with Gasteiger partial charge in [-0.25, -0.2) is 0 Å². The number of hydrogen-bond acceptors (Lipinski definition) is 4. The van der Waals surface area contributed by atoms with Crippen LogP contribution in [0.5, 0.6) is 0 Å². The smallest absolute Gasteiger partial charge is 0.251 e. The van der Waals surface area contributed by atoms with Crippen LogP contribution in [0.25, 0.3) is 0 Å². The number of aliphatic hydroxyl groups is 1. The number of hydrogen-bond donors (Lipinski definition) is 2. The third kappa shape index (κ3) is 4.30. The van der Waals surface area contributed by atoms with Crippen molar-refractivity contribution < 1.29 is 19.4 Å². The second-order valence-electron chi connectivity index (χ2n) is 5.70. The molecule has 3 atom stereocenters. The molecule has 2 amide bonds. The highest BCUT2D eigenvalue weighted by Crippen LogP contribution is 2.30. The maximum atomic E-state index is 12.5. The first-order valence-corrected chi connectivity index (χ1v) is 7.96. The van der Waals surface area contributed by atoms with E-state index in [9.17, 15) is 14.7 Å². The lowest BCUT2D eigenvalue weighted by atomic mass is 9.97. The molecule has 23 heavy (non-hydrogen) atoms. The predicted molar refractivity (Wildman–Crippen MR) is 85.6 cm³/mol. The van der Waals surface area contributed by atoms with E-state index in [1.807, 2.05) is 37.3 Å². The van der Waals surface area contributed by atoms with Crippen molar-refractivity contribution in [3.63, 3.8) is 0 Å². The van der Waals surface area contributed by atoms with Gasteiger partial charge in [0.1, 0.15) is 6.61 Å². The van der Waals surface area contributed by atoms with Gasteiger partial charge in [0.15, 0.2) is 6.10 Å². The zero-order valence-corrected chi connectivity index (χ0v) is 13.6. The van der Waals surface area contributed by atoms with Gasteiger partial charge in [0.05, 0.1) is 12.1 Å². The summed E-state index contributed by atoms with van der Waals surface area (Å²) in [6, 6.07) is 9.00. The Kier molecular flexibility index (Phi) is 6.12. The monoisotopic (exact) mass is 320 g/mol. The number of benzene rings is 1. The van der Waals surface area contributed by atoms with Crippen molar-refractivity contribution in [3.8, 4) is 0 Å². The van der Waals surface area contributed by atoms with Crippen LogP contribution in [0.15, 0.2) is 30.3 Å². The first-order valence-electron chi connectivity index (χ1n) is 7.96. The van der Waals surface area contributed by atoms with Crippen LogP contribution in [-0.4, -0.2) is 53.7 Å². The standard InChI is InChI=1S/C17H24N2O4/c1-3-19-14(21)11-23-16(17(22)18-10-9-12(2)20)15(19)13-7-5-4-6-8-13/h4-8,12,15-16,20H,3,9-11H2,1-2H3,(H,18,22)/t12-,15+,16-/m0/s1. The molecule has 0 spiro atoms. The van der Waals surface area contributed by atoms with Gasteiger partial charge in [0, 0.05) is 13.1 Å². The normalized spacial score (nSPS) is 22.7. The number of nitrogens with one attached hydrogen (secondary N) is 1. The average Bonchev–Trinajstić information content (AvgIpc) is 2.54. The molecule has 1 aromatic carbocycles. The summed E-state index contributed by atoms with van der Waals surface area (Å²) in [6.07, 6.45) is -0.740. The molecule has 1 heterocycles. The molecule has 1 fully saturated rings. The van der Waals surface area contributed by atoms with E-state index >= 15 is 0 Å². The molecule has 6 nitrogen and oxygen atoms in total. The van der Waals surface area contributed by atoms with E-state index in [0.29, 0.717) is 19.5 Å². The Morgan fingerprint density at radius 1 is 1.43 bits per heavy atom. The molecular formula is C17H24N2O4. The minimum Gasteiger partial charge on any atom is -0.393 e. The largest absolute Gasteiger partial charge is 0.393 e. The van der Waals surface area contributed by atoms with Gasteiger partial charge in [0.25, 0.3) is 5.91 Å². The quantitative estimate of drug-likeness (QED) is 0.815. The number of likely N-dealkylation sites (N-methyl/N-ethyl adjacent to an activating group) is 1. The number of rotatable bonds is 6. The molecule has 1 saturated heterocycles. The second kappa shape index (κ2) is 8.08. The van der Waals surface area contributed by atoms with Gasteiger partial charge < -0.3 is 20.1 Å². The Morgan fingerprint density at radius 3 is 2.74 bits per heavy atom. The van der Waals surface area contributed by atoms with Gasteiger partial charge in [-0.15, -0.1) is 0 Å². The summed E-state index contributed by atoms with van der Waals surface area (Å²) in [5.74, 6) is -0.375. The first kappa shape index (κ1) is 17.4. The minimum absolute atomic E-state index is 0.0916. The fourth-order valence-corrected chi connectivity index (χ4v) is 2.76. The lowest BCUT2D eigenvalue weighted by molar-refractivity contribution is -0.164. The van der Waals surface area contributed by atoms with Crippen molar-refractivity contribution in [1.29, 1.82) is 0 Å². The first-order chi connectivity index (χ1) is 11.0. The number of morpholine rings is 1. The van der Waals surface area contributed by atoms with Gasteiger partial charge in [-0.2, -0.15) is 0 Å². The van der Waals surface area contributed by atoms with Gasteiger partial charge >= 0.3 is 0 Å². The van der Waals surface area contributed by atoms with E-state index in [2.05, 4.69) is 5.32 Å². The highest BCUT2D eigenvalue weighted by molar-refractivity contribution is 5.86. The molecular weight excluding hydrogens is 296 g/mol. The number of nitrogens with zero attached hydrogens (tertiary/aromatic N) is 1. The summed E-state index contributed by atoms with van der Waals surface area (Å²) in [5, 5.41) is 12.1. The molecule has 2 N–H and O–H groups in total. The molecule has 6 heteroatoms. The van der Waals surface area contributed by atoms with Crippen LogP contribution in [0.4, 0.5) is 0 Å². The van der Waals surface area contributed by atoms with Crippen molar-refractivity contribution in [3.05, 3.63) is 35.9 Å². The van der Waals surface area contributed by atoms with E-state index in [-0.39, 0.29) is 18.4 Å². The topological polar surface area (TPSA) is 78.9 Å². The van der Waals surface area contributed by atoms with Crippen molar-refractivity contribution in [1.82, 2.24) is 10.2 Å². The summed E-state index contributed by atoms with van der Waals surface area (Å²) in [7, 11) is 0. The minimum atomic E-state index is -0.746. The summed E-state index contributed by atoms with van der Waals surface area (Å²) in [6.45, 7) is 4.36. The van der Waals surface area contributed by atoms with Crippen molar-refractivity contribution in [2.75, 3.05) is 19.7 Å². The summed E-state index contributed by atoms with van der Waals surface area (Å²) < 4.78 is 5.54. The highest BCUT2D eigenvalue weighted by Gasteiger charge is 2.40. The Bertz CT molecular complexity index is 533. The van der Waals surface area contributed by atoms with E-state index in [4.69, 9.17) is 4.74 Å². The van der Waals surface area contributed by atoms with Crippen molar-refractivity contribution in [2.45, 2.75) is 38.5 Å². The Labute approximate surface area is 136 Å². The van der Waals surface area contributed by atoms with Crippen LogP contribution in [-0.2, 0) is 14.3 Å². The third-order valence-electron chi connectivity index (χ3n) is 3.93. The number of carbonyl (C=O) groups is 2. The molecule has 0 aliphatic carbocycles. The molecule has 0 aromatic heterocycles. The number of amides is 2. The van der Waals surface area contributed by atoms with Gasteiger partial charge in [0.2, 0.25) is 5.91 Å². The second-order valence-corrected chi connectivity index (χ2v) is 5.70. The maximum absolute atomic E-state index is 12.5. The maximum Gasteiger partial charge on any atom is 0.251 e. The zero-order chi connectivity index (χ0) is 16.8. The Balaban J connectivity index is 2.18. The Morgan fingerprint density at radius 2 is 2.13 bits per heavy atom. The van der Waals surface area contributed by atoms with Gasteiger partial charge in [-0.05, 0) is 25.8 Å². The Hall–Kier alpha value is -1.92. The summed E-state index contributed by atoms with van der Waals surface area (Å²) in [5.41, 5.74) is 0.873. The molecule has 0 radical (unpaired) electrons.